The first kappa shape index (κ1) is 15.5. The molecule has 1 rings (SSSR count). The number of hydrogen-bond donors (Lipinski definition) is 0. The second kappa shape index (κ2) is 7.78. The lowest BCUT2D eigenvalue weighted by molar-refractivity contribution is 0.294. The van der Waals surface area contributed by atoms with Gasteiger partial charge in [0.05, 0.1) is 12.7 Å². The first-order valence-corrected chi connectivity index (χ1v) is 6.47. The summed E-state index contributed by atoms with van der Waals surface area (Å²) in [5, 5.41) is 9.06. The van der Waals surface area contributed by atoms with E-state index in [1.807, 2.05) is 18.2 Å². The van der Waals surface area contributed by atoms with Gasteiger partial charge in [0.25, 0.3) is 0 Å². The maximum atomic E-state index is 9.06. The van der Waals surface area contributed by atoms with Crippen LogP contribution in [0.5, 0.6) is 5.75 Å². The predicted octanol–water partition coefficient (Wildman–Crippen LogP) is 1.95. The van der Waals surface area contributed by atoms with Crippen molar-refractivity contribution in [3.63, 3.8) is 0 Å². The predicted molar refractivity (Wildman–Crippen MR) is 77.2 cm³/mol. The lowest BCUT2D eigenvalue weighted by Gasteiger charge is -2.18. The zero-order chi connectivity index (χ0) is 14.3. The summed E-state index contributed by atoms with van der Waals surface area (Å²) in [6, 6.07) is 7.95. The van der Waals surface area contributed by atoms with Crippen LogP contribution in [0.1, 0.15) is 17.5 Å². The van der Waals surface area contributed by atoms with Crippen LogP contribution in [0.25, 0.3) is 0 Å². The van der Waals surface area contributed by atoms with Crippen molar-refractivity contribution in [2.75, 3.05) is 41.3 Å². The number of hydrogen-bond acceptors (Lipinski definition) is 4. The van der Waals surface area contributed by atoms with Crippen LogP contribution in [0, 0.1) is 11.3 Å². The average Bonchev–Trinajstić information content (AvgIpc) is 2.38. The van der Waals surface area contributed by atoms with Crippen molar-refractivity contribution in [1.29, 1.82) is 5.26 Å². The van der Waals surface area contributed by atoms with Crippen LogP contribution in [0.15, 0.2) is 18.2 Å². The van der Waals surface area contributed by atoms with Crippen LogP contribution in [0.3, 0.4) is 0 Å². The van der Waals surface area contributed by atoms with Gasteiger partial charge in [-0.1, -0.05) is 6.07 Å². The van der Waals surface area contributed by atoms with E-state index < -0.39 is 0 Å². The molecule has 0 spiro atoms. The lowest BCUT2D eigenvalue weighted by Crippen LogP contribution is -2.23. The first-order chi connectivity index (χ1) is 9.06. The highest BCUT2D eigenvalue weighted by Gasteiger charge is 2.06. The fourth-order valence-electron chi connectivity index (χ4n) is 1.99. The largest absolute Gasteiger partial charge is 0.495 e. The minimum absolute atomic E-state index is 0.599. The maximum absolute atomic E-state index is 9.06. The van der Waals surface area contributed by atoms with Gasteiger partial charge < -0.3 is 14.5 Å². The van der Waals surface area contributed by atoms with Crippen LogP contribution >= 0.6 is 0 Å². The van der Waals surface area contributed by atoms with E-state index in [1.165, 1.54) is 0 Å². The lowest BCUT2D eigenvalue weighted by atomic mass is 10.1. The molecule has 19 heavy (non-hydrogen) atoms. The van der Waals surface area contributed by atoms with Gasteiger partial charge in [0.2, 0.25) is 0 Å². The summed E-state index contributed by atoms with van der Waals surface area (Å²) in [5.74, 6) is 0.640. The molecule has 4 nitrogen and oxygen atoms in total. The standard InChI is InChI=1S/C15H23N3O/c1-17(2)8-5-9-18(3)12-13-6-7-15(19-4)14(10-13)11-16/h6-7,10H,5,8-9,12H2,1-4H3. The minimum atomic E-state index is 0.599. The molecule has 0 aliphatic heterocycles. The van der Waals surface area contributed by atoms with Crippen LogP contribution < -0.4 is 4.74 Å². The molecule has 1 aromatic rings. The maximum Gasteiger partial charge on any atom is 0.136 e. The quantitative estimate of drug-likeness (QED) is 0.752. The molecule has 1 aromatic carbocycles. The molecule has 0 unspecified atom stereocenters. The van der Waals surface area contributed by atoms with Gasteiger partial charge in [0.1, 0.15) is 11.8 Å². The zero-order valence-electron chi connectivity index (χ0n) is 12.3. The number of methoxy groups -OCH3 is 1. The molecule has 0 amide bonds. The van der Waals surface area contributed by atoms with Gasteiger partial charge in [0, 0.05) is 6.54 Å². The Kier molecular flexibility index (Phi) is 6.34. The molecule has 0 N–H and O–H groups in total. The van der Waals surface area contributed by atoms with Gasteiger partial charge in [-0.2, -0.15) is 5.26 Å². The highest BCUT2D eigenvalue weighted by atomic mass is 16.5. The third kappa shape index (κ3) is 5.29. The van der Waals surface area contributed by atoms with Crippen molar-refractivity contribution in [3.05, 3.63) is 29.3 Å². The highest BCUT2D eigenvalue weighted by molar-refractivity contribution is 5.45. The van der Waals surface area contributed by atoms with E-state index in [1.54, 1.807) is 7.11 Å². The second-order valence-electron chi connectivity index (χ2n) is 5.04. The molecule has 0 saturated heterocycles. The summed E-state index contributed by atoms with van der Waals surface area (Å²) in [6.45, 7) is 2.99. The summed E-state index contributed by atoms with van der Waals surface area (Å²) in [6.07, 6.45) is 1.14. The highest BCUT2D eigenvalue weighted by Crippen LogP contribution is 2.19. The topological polar surface area (TPSA) is 39.5 Å². The molecular formula is C15H23N3O. The normalized spacial score (nSPS) is 10.8. The van der Waals surface area contributed by atoms with Crippen LogP contribution in [0.4, 0.5) is 0 Å². The van der Waals surface area contributed by atoms with Crippen LogP contribution in [-0.2, 0) is 6.54 Å². The van der Waals surface area contributed by atoms with Crippen molar-refractivity contribution in [2.24, 2.45) is 0 Å². The van der Waals surface area contributed by atoms with E-state index in [0.29, 0.717) is 11.3 Å². The van der Waals surface area contributed by atoms with Crippen molar-refractivity contribution in [3.8, 4) is 11.8 Å². The van der Waals surface area contributed by atoms with Crippen molar-refractivity contribution >= 4 is 0 Å². The van der Waals surface area contributed by atoms with E-state index in [0.717, 1.165) is 31.6 Å². The summed E-state index contributed by atoms with van der Waals surface area (Å²) in [7, 11) is 7.86. The smallest absolute Gasteiger partial charge is 0.136 e. The number of benzene rings is 1. The molecule has 104 valence electrons. The van der Waals surface area contributed by atoms with Crippen molar-refractivity contribution in [2.45, 2.75) is 13.0 Å². The average molecular weight is 261 g/mol. The Labute approximate surface area is 116 Å². The Hall–Kier alpha value is -1.57. The monoisotopic (exact) mass is 261 g/mol. The molecule has 0 saturated carbocycles. The molecule has 0 fully saturated rings. The van der Waals surface area contributed by atoms with Gasteiger partial charge in [-0.05, 0) is 58.3 Å². The van der Waals surface area contributed by atoms with Gasteiger partial charge in [-0.25, -0.2) is 0 Å². The molecule has 0 bridgehead atoms. The van der Waals surface area contributed by atoms with Crippen molar-refractivity contribution < 1.29 is 4.74 Å². The number of nitrogens with zero attached hydrogens (tertiary/aromatic N) is 3. The number of ether oxygens (including phenoxy) is 1. The Morgan fingerprint density at radius 2 is 1.95 bits per heavy atom. The Morgan fingerprint density at radius 1 is 1.21 bits per heavy atom. The molecule has 0 radical (unpaired) electrons. The Morgan fingerprint density at radius 3 is 2.53 bits per heavy atom. The molecular weight excluding hydrogens is 238 g/mol. The molecule has 0 aliphatic rings. The van der Waals surface area contributed by atoms with Gasteiger partial charge in [-0.15, -0.1) is 0 Å². The Balaban J connectivity index is 2.55. The number of rotatable bonds is 7. The summed E-state index contributed by atoms with van der Waals surface area (Å²) in [5.41, 5.74) is 1.74. The SMILES string of the molecule is COc1ccc(CN(C)CCCN(C)C)cc1C#N. The number of nitriles is 1. The zero-order valence-corrected chi connectivity index (χ0v) is 12.3. The van der Waals surface area contributed by atoms with E-state index in [2.05, 4.69) is 37.0 Å². The first-order valence-electron chi connectivity index (χ1n) is 6.47. The van der Waals surface area contributed by atoms with E-state index in [4.69, 9.17) is 10.00 Å². The van der Waals surface area contributed by atoms with Crippen molar-refractivity contribution in [1.82, 2.24) is 9.80 Å². The van der Waals surface area contributed by atoms with Crippen LogP contribution in [-0.4, -0.2) is 51.1 Å². The minimum Gasteiger partial charge on any atom is -0.495 e. The van der Waals surface area contributed by atoms with Gasteiger partial charge >= 0.3 is 0 Å². The third-order valence-electron chi connectivity index (χ3n) is 2.98. The fourth-order valence-corrected chi connectivity index (χ4v) is 1.99. The Bertz CT molecular complexity index is 438. The van der Waals surface area contributed by atoms with Crippen LogP contribution in [0.2, 0.25) is 0 Å². The fraction of sp³-hybridized carbons (Fsp3) is 0.533. The third-order valence-corrected chi connectivity index (χ3v) is 2.98. The molecule has 0 heterocycles. The molecule has 0 aliphatic carbocycles. The van der Waals surface area contributed by atoms with E-state index in [-0.39, 0.29) is 0 Å². The molecule has 0 atom stereocenters. The second-order valence-corrected chi connectivity index (χ2v) is 5.04. The summed E-state index contributed by atoms with van der Waals surface area (Å²) in [4.78, 5) is 4.46. The van der Waals surface area contributed by atoms with Gasteiger partial charge in [-0.3, -0.25) is 0 Å². The van der Waals surface area contributed by atoms with E-state index >= 15 is 0 Å². The van der Waals surface area contributed by atoms with E-state index in [9.17, 15) is 0 Å². The molecule has 0 aromatic heterocycles. The summed E-state index contributed by atoms with van der Waals surface area (Å²) >= 11 is 0. The van der Waals surface area contributed by atoms with Gasteiger partial charge in [0.15, 0.2) is 0 Å². The summed E-state index contributed by atoms with van der Waals surface area (Å²) < 4.78 is 5.15. The molecule has 4 heteroatoms.